The molecule has 36 heavy (non-hydrogen) atoms. The van der Waals surface area contributed by atoms with Crippen molar-refractivity contribution < 1.29 is 17.9 Å². The summed E-state index contributed by atoms with van der Waals surface area (Å²) in [7, 11) is -4.08. The lowest BCUT2D eigenvalue weighted by atomic mass is 10.1. The number of nitrogens with one attached hydrogen (secondary N) is 2. The lowest BCUT2D eigenvalue weighted by Gasteiger charge is -2.15. The van der Waals surface area contributed by atoms with Crippen LogP contribution in [0.3, 0.4) is 0 Å². The number of rotatable bonds is 7. The van der Waals surface area contributed by atoms with Crippen LogP contribution in [-0.2, 0) is 10.0 Å². The predicted molar refractivity (Wildman–Crippen MR) is 144 cm³/mol. The maximum Gasteiger partial charge on any atom is 0.263 e. The molecule has 9 heteroatoms. The first kappa shape index (κ1) is 25.6. The number of aryl methyl sites for hydroxylation is 2. The van der Waals surface area contributed by atoms with E-state index in [-0.39, 0.29) is 15.5 Å². The van der Waals surface area contributed by atoms with Gasteiger partial charge < -0.3 is 10.1 Å². The Morgan fingerprint density at radius 1 is 0.833 bits per heavy atom. The number of hydrogen-bond acceptors (Lipinski definition) is 4. The van der Waals surface area contributed by atoms with Gasteiger partial charge in [-0.3, -0.25) is 9.52 Å². The van der Waals surface area contributed by atoms with Crippen molar-refractivity contribution in [3.8, 4) is 11.5 Å². The third-order valence-corrected chi connectivity index (χ3v) is 7.36. The van der Waals surface area contributed by atoms with E-state index in [0.29, 0.717) is 27.9 Å². The van der Waals surface area contributed by atoms with Gasteiger partial charge in [-0.15, -0.1) is 0 Å². The summed E-state index contributed by atoms with van der Waals surface area (Å²) in [5.74, 6) is 0.389. The van der Waals surface area contributed by atoms with Crippen molar-refractivity contribution in [1.82, 2.24) is 0 Å². The van der Waals surface area contributed by atoms with E-state index in [2.05, 4.69) is 10.0 Å². The van der Waals surface area contributed by atoms with Crippen molar-refractivity contribution >= 4 is 50.5 Å². The lowest BCUT2D eigenvalue weighted by Crippen LogP contribution is -2.17. The van der Waals surface area contributed by atoms with Crippen LogP contribution < -0.4 is 14.8 Å². The highest BCUT2D eigenvalue weighted by molar-refractivity contribution is 7.92. The number of amides is 1. The van der Waals surface area contributed by atoms with Gasteiger partial charge in [0.15, 0.2) is 5.75 Å². The Labute approximate surface area is 219 Å². The first-order chi connectivity index (χ1) is 17.1. The number of ether oxygens (including phenoxy) is 1. The summed E-state index contributed by atoms with van der Waals surface area (Å²) in [6.45, 7) is 3.66. The summed E-state index contributed by atoms with van der Waals surface area (Å²) < 4.78 is 34.8. The van der Waals surface area contributed by atoms with Gasteiger partial charge in [0, 0.05) is 10.6 Å². The molecule has 0 atom stereocenters. The minimum absolute atomic E-state index is 0.0137. The topological polar surface area (TPSA) is 84.5 Å². The van der Waals surface area contributed by atoms with E-state index in [9.17, 15) is 13.2 Å². The van der Waals surface area contributed by atoms with Gasteiger partial charge in [-0.2, -0.15) is 0 Å². The molecule has 0 aliphatic rings. The molecule has 2 N–H and O–H groups in total. The Balaban J connectivity index is 1.62. The minimum atomic E-state index is -4.08. The van der Waals surface area contributed by atoms with Crippen LogP contribution in [0, 0.1) is 13.8 Å². The van der Waals surface area contributed by atoms with Crippen LogP contribution in [0.2, 0.25) is 10.0 Å². The molecule has 0 radical (unpaired) electrons. The fraction of sp³-hybridized carbons (Fsp3) is 0.0741. The van der Waals surface area contributed by atoms with Crippen molar-refractivity contribution in [1.29, 1.82) is 0 Å². The molecule has 4 rings (SSSR count). The molecule has 0 heterocycles. The Morgan fingerprint density at radius 3 is 2.33 bits per heavy atom. The van der Waals surface area contributed by atoms with E-state index in [1.54, 1.807) is 43.3 Å². The highest BCUT2D eigenvalue weighted by Crippen LogP contribution is 2.33. The first-order valence-corrected chi connectivity index (χ1v) is 13.1. The maximum absolute atomic E-state index is 13.2. The van der Waals surface area contributed by atoms with Crippen LogP contribution >= 0.6 is 23.2 Å². The molecular formula is C27H22Cl2N2O4S. The standard InChI is InChI=1S/C27H22Cl2N2O4S/c1-17-8-9-18(2)23(14-17)31-36(33,34)26-15-19(10-12-22(26)29)27(32)30-24-16-20(28)11-13-25(24)35-21-6-4-3-5-7-21/h3-16,31H,1-2H3,(H,30,32). The zero-order valence-corrected chi connectivity index (χ0v) is 21.7. The number of carbonyl (C=O) groups is 1. The molecule has 0 aliphatic carbocycles. The number of halogens is 2. The highest BCUT2D eigenvalue weighted by Gasteiger charge is 2.22. The van der Waals surface area contributed by atoms with E-state index in [0.717, 1.165) is 11.1 Å². The maximum atomic E-state index is 13.2. The monoisotopic (exact) mass is 540 g/mol. The predicted octanol–water partition coefficient (Wildman–Crippen LogP) is 7.46. The summed E-state index contributed by atoms with van der Waals surface area (Å²) in [4.78, 5) is 12.9. The number of anilines is 2. The molecule has 0 aliphatic heterocycles. The third kappa shape index (κ3) is 5.99. The van der Waals surface area contributed by atoms with Gasteiger partial charge in [0.1, 0.15) is 10.6 Å². The number of benzene rings is 4. The number of carbonyl (C=O) groups excluding carboxylic acids is 1. The molecule has 0 fully saturated rings. The zero-order chi connectivity index (χ0) is 25.9. The summed E-state index contributed by atoms with van der Waals surface area (Å²) in [5, 5.41) is 3.12. The summed E-state index contributed by atoms with van der Waals surface area (Å²) in [6.07, 6.45) is 0. The molecule has 1 amide bonds. The van der Waals surface area contributed by atoms with E-state index in [1.165, 1.54) is 18.2 Å². The molecule has 0 aromatic heterocycles. The van der Waals surface area contributed by atoms with Crippen LogP contribution in [-0.4, -0.2) is 14.3 Å². The number of para-hydroxylation sites is 1. The van der Waals surface area contributed by atoms with Crippen LogP contribution in [0.15, 0.2) is 89.8 Å². The molecule has 4 aromatic rings. The van der Waals surface area contributed by atoms with Crippen molar-refractivity contribution in [3.05, 3.63) is 112 Å². The summed E-state index contributed by atoms with van der Waals surface area (Å²) in [5.41, 5.74) is 2.49. The van der Waals surface area contributed by atoms with E-state index in [4.69, 9.17) is 27.9 Å². The van der Waals surface area contributed by atoms with Crippen molar-refractivity contribution in [2.75, 3.05) is 10.0 Å². The fourth-order valence-corrected chi connectivity index (χ4v) is 5.22. The number of sulfonamides is 1. The Hall–Kier alpha value is -3.52. The van der Waals surface area contributed by atoms with Gasteiger partial charge in [0.25, 0.3) is 15.9 Å². The van der Waals surface area contributed by atoms with Crippen LogP contribution in [0.5, 0.6) is 11.5 Å². The molecule has 0 bridgehead atoms. The van der Waals surface area contributed by atoms with Gasteiger partial charge >= 0.3 is 0 Å². The molecular weight excluding hydrogens is 519 g/mol. The lowest BCUT2D eigenvalue weighted by molar-refractivity contribution is 0.102. The van der Waals surface area contributed by atoms with Crippen LogP contribution in [0.25, 0.3) is 0 Å². The second-order valence-electron chi connectivity index (χ2n) is 8.08. The highest BCUT2D eigenvalue weighted by atomic mass is 35.5. The summed E-state index contributed by atoms with van der Waals surface area (Å²) in [6, 6.07) is 23.4. The van der Waals surface area contributed by atoms with Gasteiger partial charge in [-0.05, 0) is 79.6 Å². The average Bonchev–Trinajstić information content (AvgIpc) is 2.84. The molecule has 0 unspecified atom stereocenters. The molecule has 0 saturated carbocycles. The van der Waals surface area contributed by atoms with Gasteiger partial charge in [-0.1, -0.05) is 53.5 Å². The van der Waals surface area contributed by atoms with E-state index < -0.39 is 15.9 Å². The smallest absolute Gasteiger partial charge is 0.263 e. The minimum Gasteiger partial charge on any atom is -0.455 e. The normalized spacial score (nSPS) is 11.1. The quantitative estimate of drug-likeness (QED) is 0.255. The largest absolute Gasteiger partial charge is 0.455 e. The van der Waals surface area contributed by atoms with Crippen molar-refractivity contribution in [3.63, 3.8) is 0 Å². The van der Waals surface area contributed by atoms with Gasteiger partial charge in [0.05, 0.1) is 16.4 Å². The third-order valence-electron chi connectivity index (χ3n) is 5.28. The number of hydrogen-bond donors (Lipinski definition) is 2. The Morgan fingerprint density at radius 2 is 1.58 bits per heavy atom. The summed E-state index contributed by atoms with van der Waals surface area (Å²) >= 11 is 12.4. The Bertz CT molecular complexity index is 1540. The van der Waals surface area contributed by atoms with Crippen molar-refractivity contribution in [2.24, 2.45) is 0 Å². The molecule has 4 aromatic carbocycles. The molecule has 0 spiro atoms. The molecule has 6 nitrogen and oxygen atoms in total. The van der Waals surface area contributed by atoms with E-state index in [1.807, 2.05) is 37.3 Å². The fourth-order valence-electron chi connectivity index (χ4n) is 3.39. The second kappa shape index (κ2) is 10.6. The first-order valence-electron chi connectivity index (χ1n) is 10.9. The van der Waals surface area contributed by atoms with Gasteiger partial charge in [0.2, 0.25) is 0 Å². The molecule has 184 valence electrons. The Kier molecular flexibility index (Phi) is 7.54. The second-order valence-corrected chi connectivity index (χ2v) is 10.6. The average molecular weight is 541 g/mol. The van der Waals surface area contributed by atoms with Crippen molar-refractivity contribution in [2.45, 2.75) is 18.7 Å². The van der Waals surface area contributed by atoms with Crippen LogP contribution in [0.1, 0.15) is 21.5 Å². The van der Waals surface area contributed by atoms with Gasteiger partial charge in [-0.25, -0.2) is 8.42 Å². The van der Waals surface area contributed by atoms with Crippen LogP contribution in [0.4, 0.5) is 11.4 Å². The molecule has 0 saturated heterocycles. The SMILES string of the molecule is Cc1ccc(C)c(NS(=O)(=O)c2cc(C(=O)Nc3cc(Cl)ccc3Oc3ccccc3)ccc2Cl)c1. The van der Waals surface area contributed by atoms with E-state index >= 15 is 0 Å². The zero-order valence-electron chi connectivity index (χ0n) is 19.4.